The topological polar surface area (TPSA) is 62.3 Å². The van der Waals surface area contributed by atoms with Gasteiger partial charge < -0.3 is 10.2 Å². The van der Waals surface area contributed by atoms with Gasteiger partial charge in [0.1, 0.15) is 0 Å². The third-order valence-corrected chi connectivity index (χ3v) is 4.53. The maximum absolute atomic E-state index is 12.6. The van der Waals surface area contributed by atoms with Crippen LogP contribution in [0.15, 0.2) is 41.9 Å². The van der Waals surface area contributed by atoms with E-state index in [-0.39, 0.29) is 18.4 Å². The molecule has 1 heterocycles. The van der Waals surface area contributed by atoms with Gasteiger partial charge in [-0.15, -0.1) is 11.3 Å². The zero-order chi connectivity index (χ0) is 17.9. The summed E-state index contributed by atoms with van der Waals surface area (Å²) < 4.78 is 0. The van der Waals surface area contributed by atoms with E-state index in [0.29, 0.717) is 18.1 Å². The van der Waals surface area contributed by atoms with Gasteiger partial charge in [-0.25, -0.2) is 4.98 Å². The van der Waals surface area contributed by atoms with Crippen LogP contribution in [0, 0.1) is 0 Å². The maximum Gasteiger partial charge on any atom is 0.245 e. The molecule has 0 aliphatic carbocycles. The number of nitrogens with zero attached hydrogens (tertiary/aromatic N) is 2. The van der Waals surface area contributed by atoms with E-state index in [1.165, 1.54) is 11.3 Å². The van der Waals surface area contributed by atoms with Crippen molar-refractivity contribution in [1.29, 1.82) is 0 Å². The fourth-order valence-corrected chi connectivity index (χ4v) is 3.07. The summed E-state index contributed by atoms with van der Waals surface area (Å²) in [5.41, 5.74) is 0.964. The number of nitrogens with one attached hydrogen (secondary N) is 1. The summed E-state index contributed by atoms with van der Waals surface area (Å²) in [6.07, 6.45) is 6.23. The molecular formula is C19H25N3O2S. The number of unbranched alkanes of at least 4 members (excludes halogenated alkanes) is 3. The molecule has 0 spiro atoms. The van der Waals surface area contributed by atoms with Crippen molar-refractivity contribution in [3.8, 4) is 0 Å². The number of hydrogen-bond donors (Lipinski definition) is 1. The van der Waals surface area contributed by atoms with Crippen molar-refractivity contribution in [2.45, 2.75) is 39.0 Å². The summed E-state index contributed by atoms with van der Waals surface area (Å²) in [5, 5.41) is 5.11. The van der Waals surface area contributed by atoms with E-state index in [2.05, 4.69) is 17.2 Å². The normalized spacial score (nSPS) is 10.4. The van der Waals surface area contributed by atoms with Crippen LogP contribution in [-0.4, -0.2) is 34.8 Å². The Balaban J connectivity index is 1.93. The molecule has 0 saturated carbocycles. The Kier molecular flexibility index (Phi) is 8.12. The SMILES string of the molecule is CCCCCCN(CC(=O)Nc1nccs1)C(=O)Cc1ccccc1. The highest BCUT2D eigenvalue weighted by Crippen LogP contribution is 2.11. The summed E-state index contributed by atoms with van der Waals surface area (Å²) in [6, 6.07) is 9.64. The van der Waals surface area contributed by atoms with Crippen molar-refractivity contribution < 1.29 is 9.59 Å². The van der Waals surface area contributed by atoms with E-state index in [9.17, 15) is 9.59 Å². The Labute approximate surface area is 153 Å². The number of rotatable bonds is 10. The van der Waals surface area contributed by atoms with Crippen molar-refractivity contribution in [1.82, 2.24) is 9.88 Å². The molecule has 0 aliphatic rings. The summed E-state index contributed by atoms with van der Waals surface area (Å²) in [6.45, 7) is 2.83. The van der Waals surface area contributed by atoms with E-state index in [4.69, 9.17) is 0 Å². The number of hydrogen-bond acceptors (Lipinski definition) is 4. The first-order valence-corrected chi connectivity index (χ1v) is 9.58. The number of anilines is 1. The van der Waals surface area contributed by atoms with Crippen molar-refractivity contribution in [3.05, 3.63) is 47.5 Å². The van der Waals surface area contributed by atoms with Gasteiger partial charge in [0, 0.05) is 18.1 Å². The average molecular weight is 359 g/mol. The molecule has 1 N–H and O–H groups in total. The van der Waals surface area contributed by atoms with Crippen LogP contribution in [0.2, 0.25) is 0 Å². The highest BCUT2D eigenvalue weighted by atomic mass is 32.1. The molecule has 6 heteroatoms. The van der Waals surface area contributed by atoms with Crippen molar-refractivity contribution in [2.24, 2.45) is 0 Å². The van der Waals surface area contributed by atoms with Gasteiger partial charge in [0.2, 0.25) is 11.8 Å². The zero-order valence-corrected chi connectivity index (χ0v) is 15.4. The van der Waals surface area contributed by atoms with Gasteiger partial charge in [-0.3, -0.25) is 9.59 Å². The molecule has 0 bridgehead atoms. The van der Waals surface area contributed by atoms with Crippen LogP contribution in [0.5, 0.6) is 0 Å². The first-order valence-electron chi connectivity index (χ1n) is 8.70. The maximum atomic E-state index is 12.6. The fraction of sp³-hybridized carbons (Fsp3) is 0.421. The van der Waals surface area contributed by atoms with Crippen molar-refractivity contribution in [2.75, 3.05) is 18.4 Å². The number of carbonyl (C=O) groups excluding carboxylic acids is 2. The smallest absolute Gasteiger partial charge is 0.245 e. The number of thiazole rings is 1. The molecule has 2 rings (SSSR count). The summed E-state index contributed by atoms with van der Waals surface area (Å²) in [7, 11) is 0. The molecule has 0 fully saturated rings. The van der Waals surface area contributed by atoms with Crippen LogP contribution < -0.4 is 5.32 Å². The lowest BCUT2D eigenvalue weighted by molar-refractivity contribution is -0.134. The summed E-state index contributed by atoms with van der Waals surface area (Å²) in [5.74, 6) is -0.219. The Morgan fingerprint density at radius 1 is 1.16 bits per heavy atom. The number of aromatic nitrogens is 1. The molecule has 5 nitrogen and oxygen atoms in total. The molecule has 2 aromatic rings. The molecule has 0 radical (unpaired) electrons. The molecule has 0 aliphatic heterocycles. The van der Waals surface area contributed by atoms with E-state index < -0.39 is 0 Å². The minimum atomic E-state index is -0.202. The van der Waals surface area contributed by atoms with Crippen LogP contribution in [0.4, 0.5) is 5.13 Å². The number of amides is 2. The third kappa shape index (κ3) is 7.05. The van der Waals surface area contributed by atoms with Gasteiger partial charge in [-0.2, -0.15) is 0 Å². The molecule has 0 saturated heterocycles. The lowest BCUT2D eigenvalue weighted by Crippen LogP contribution is -2.39. The Hall–Kier alpha value is -2.21. The molecule has 1 aromatic heterocycles. The Morgan fingerprint density at radius 3 is 2.64 bits per heavy atom. The minimum absolute atomic E-state index is 0.0167. The molecule has 2 amide bonds. The highest BCUT2D eigenvalue weighted by molar-refractivity contribution is 7.13. The fourth-order valence-electron chi connectivity index (χ4n) is 2.52. The van der Waals surface area contributed by atoms with Gasteiger partial charge in [0.25, 0.3) is 0 Å². The lowest BCUT2D eigenvalue weighted by atomic mass is 10.1. The van der Waals surface area contributed by atoms with Crippen LogP contribution in [0.3, 0.4) is 0 Å². The van der Waals surface area contributed by atoms with Gasteiger partial charge >= 0.3 is 0 Å². The van der Waals surface area contributed by atoms with Crippen LogP contribution in [0.25, 0.3) is 0 Å². The van der Waals surface area contributed by atoms with E-state index in [0.717, 1.165) is 31.2 Å². The zero-order valence-electron chi connectivity index (χ0n) is 14.6. The summed E-state index contributed by atoms with van der Waals surface area (Å²) >= 11 is 1.37. The van der Waals surface area contributed by atoms with E-state index >= 15 is 0 Å². The van der Waals surface area contributed by atoms with E-state index in [1.54, 1.807) is 16.5 Å². The molecule has 25 heavy (non-hydrogen) atoms. The van der Waals surface area contributed by atoms with Gasteiger partial charge in [-0.05, 0) is 12.0 Å². The van der Waals surface area contributed by atoms with Crippen molar-refractivity contribution in [3.63, 3.8) is 0 Å². The van der Waals surface area contributed by atoms with Crippen molar-refractivity contribution >= 4 is 28.3 Å². The second-order valence-electron chi connectivity index (χ2n) is 5.92. The third-order valence-electron chi connectivity index (χ3n) is 3.85. The van der Waals surface area contributed by atoms with Crippen LogP contribution in [-0.2, 0) is 16.0 Å². The molecule has 0 unspecified atom stereocenters. The van der Waals surface area contributed by atoms with Gasteiger partial charge in [0.05, 0.1) is 13.0 Å². The first-order chi connectivity index (χ1) is 12.2. The van der Waals surface area contributed by atoms with Gasteiger partial charge in [0.15, 0.2) is 5.13 Å². The van der Waals surface area contributed by atoms with E-state index in [1.807, 2.05) is 30.3 Å². The molecule has 1 aromatic carbocycles. The minimum Gasteiger partial charge on any atom is -0.333 e. The molecule has 0 atom stereocenters. The Bertz CT molecular complexity index is 644. The first kappa shape index (κ1) is 19.1. The lowest BCUT2D eigenvalue weighted by Gasteiger charge is -2.22. The predicted octanol–water partition coefficient (Wildman–Crippen LogP) is 3.73. The van der Waals surface area contributed by atoms with Crippen LogP contribution in [0.1, 0.15) is 38.2 Å². The second-order valence-corrected chi connectivity index (χ2v) is 6.82. The largest absolute Gasteiger partial charge is 0.333 e. The highest BCUT2D eigenvalue weighted by Gasteiger charge is 2.17. The van der Waals surface area contributed by atoms with Gasteiger partial charge in [-0.1, -0.05) is 56.5 Å². The monoisotopic (exact) mass is 359 g/mol. The van der Waals surface area contributed by atoms with Crippen LogP contribution >= 0.6 is 11.3 Å². The number of carbonyl (C=O) groups is 2. The predicted molar refractivity (Wildman–Crippen MR) is 102 cm³/mol. The second kappa shape index (κ2) is 10.6. The molecule has 134 valence electrons. The molecular weight excluding hydrogens is 334 g/mol. The quantitative estimate of drug-likeness (QED) is 0.658. The average Bonchev–Trinajstić information content (AvgIpc) is 3.11. The number of benzene rings is 1. The standard InChI is InChI=1S/C19H25N3O2S/c1-2-3-4-8-12-22(15-17(23)21-19-20-11-13-25-19)18(24)14-16-9-6-5-7-10-16/h5-7,9-11,13H,2-4,8,12,14-15H2,1H3,(H,20,21,23). The summed E-state index contributed by atoms with van der Waals surface area (Å²) in [4.78, 5) is 30.6. The Morgan fingerprint density at radius 2 is 1.96 bits per heavy atom.